The third-order valence-electron chi connectivity index (χ3n) is 2.05. The van der Waals surface area contributed by atoms with E-state index in [4.69, 9.17) is 4.74 Å². The van der Waals surface area contributed by atoms with Crippen LogP contribution >= 0.6 is 0 Å². The zero-order valence-electron chi connectivity index (χ0n) is 9.53. The van der Waals surface area contributed by atoms with Gasteiger partial charge in [0.05, 0.1) is 11.0 Å². The van der Waals surface area contributed by atoms with Gasteiger partial charge < -0.3 is 9.30 Å². The predicted octanol–water partition coefficient (Wildman–Crippen LogP) is 2.55. The summed E-state index contributed by atoms with van der Waals surface area (Å²) in [6.07, 6.45) is 2.88. The van der Waals surface area contributed by atoms with Crippen molar-refractivity contribution < 1.29 is 4.74 Å². The minimum absolute atomic E-state index is 0.171. The molecule has 1 aromatic carbocycles. The van der Waals surface area contributed by atoms with E-state index in [1.54, 1.807) is 0 Å². The van der Waals surface area contributed by atoms with E-state index < -0.39 is 0 Å². The van der Waals surface area contributed by atoms with Crippen LogP contribution in [0.2, 0.25) is 0 Å². The fourth-order valence-electron chi connectivity index (χ4n) is 1.47. The average molecular weight is 203 g/mol. The molecule has 0 unspecified atom stereocenters. The van der Waals surface area contributed by atoms with E-state index in [9.17, 15) is 0 Å². The van der Waals surface area contributed by atoms with Crippen LogP contribution in [-0.2, 0) is 7.05 Å². The maximum absolute atomic E-state index is 5.78. The first kappa shape index (κ1) is 10.0. The maximum Gasteiger partial charge on any atom is 0.177 e. The maximum atomic E-state index is 5.78. The summed E-state index contributed by atoms with van der Waals surface area (Å²) in [4.78, 5) is 4.14. The molecule has 0 fully saturated rings. The number of imidazole rings is 1. The van der Waals surface area contributed by atoms with Crippen molar-refractivity contribution in [3.8, 4) is 5.75 Å². The Kier molecular flexibility index (Phi) is 2.18. The predicted molar refractivity (Wildman–Crippen MR) is 59.9 cm³/mol. The standard InChI is InChI=1S/C12H15N2O/c1-12(2,3)15-9-5-6-10-11(7-9)14(4)8-13-10/h5-7H,1-4H3. The summed E-state index contributed by atoms with van der Waals surface area (Å²) in [7, 11) is 1.93. The van der Waals surface area contributed by atoms with E-state index in [-0.39, 0.29) is 5.60 Å². The number of benzene rings is 1. The minimum atomic E-state index is -0.171. The van der Waals surface area contributed by atoms with Crippen LogP contribution in [-0.4, -0.2) is 15.2 Å². The van der Waals surface area contributed by atoms with E-state index in [2.05, 4.69) is 11.3 Å². The first-order valence-corrected chi connectivity index (χ1v) is 4.99. The Balaban J connectivity index is 2.42. The van der Waals surface area contributed by atoms with Crippen molar-refractivity contribution in [1.29, 1.82) is 0 Å². The molecule has 0 N–H and O–H groups in total. The number of ether oxygens (including phenoxy) is 1. The molecule has 2 rings (SSSR count). The fourth-order valence-corrected chi connectivity index (χ4v) is 1.47. The van der Waals surface area contributed by atoms with E-state index in [0.29, 0.717) is 0 Å². The lowest BCUT2D eigenvalue weighted by atomic mass is 10.2. The summed E-state index contributed by atoms with van der Waals surface area (Å²) in [6.45, 7) is 6.10. The number of hydrogen-bond acceptors (Lipinski definition) is 2. The molecule has 0 saturated heterocycles. The minimum Gasteiger partial charge on any atom is -0.488 e. The van der Waals surface area contributed by atoms with Gasteiger partial charge in [0.15, 0.2) is 6.33 Å². The fraction of sp³-hybridized carbons (Fsp3) is 0.417. The van der Waals surface area contributed by atoms with Crippen LogP contribution in [0.1, 0.15) is 20.8 Å². The summed E-state index contributed by atoms with van der Waals surface area (Å²) < 4.78 is 7.65. The summed E-state index contributed by atoms with van der Waals surface area (Å²) >= 11 is 0. The second-order valence-electron chi connectivity index (χ2n) is 4.64. The van der Waals surface area contributed by atoms with Gasteiger partial charge in [0, 0.05) is 13.1 Å². The van der Waals surface area contributed by atoms with Crippen LogP contribution in [0.25, 0.3) is 11.0 Å². The molecule has 1 radical (unpaired) electrons. The molecule has 0 aliphatic carbocycles. The van der Waals surface area contributed by atoms with Crippen molar-refractivity contribution in [2.45, 2.75) is 26.4 Å². The molecule has 0 aliphatic rings. The lowest BCUT2D eigenvalue weighted by Crippen LogP contribution is -2.22. The molecular weight excluding hydrogens is 188 g/mol. The lowest BCUT2D eigenvalue weighted by molar-refractivity contribution is 0.131. The summed E-state index contributed by atoms with van der Waals surface area (Å²) in [5, 5.41) is 0. The van der Waals surface area contributed by atoms with Gasteiger partial charge in [-0.3, -0.25) is 0 Å². The average Bonchev–Trinajstić information content (AvgIpc) is 2.45. The molecule has 2 aromatic rings. The van der Waals surface area contributed by atoms with Crippen molar-refractivity contribution >= 4 is 11.0 Å². The van der Waals surface area contributed by atoms with Gasteiger partial charge in [0.25, 0.3) is 0 Å². The van der Waals surface area contributed by atoms with Crippen LogP contribution in [0.3, 0.4) is 0 Å². The van der Waals surface area contributed by atoms with Gasteiger partial charge in [-0.05, 0) is 32.9 Å². The Bertz CT molecular complexity index is 480. The van der Waals surface area contributed by atoms with Crippen LogP contribution in [0.15, 0.2) is 18.2 Å². The molecule has 3 heteroatoms. The quantitative estimate of drug-likeness (QED) is 0.712. The SMILES string of the molecule is Cn1[c]nc2ccc(OC(C)(C)C)cc21. The Morgan fingerprint density at radius 3 is 2.73 bits per heavy atom. The third kappa shape index (κ3) is 2.12. The van der Waals surface area contributed by atoms with Crippen molar-refractivity contribution in [1.82, 2.24) is 9.55 Å². The van der Waals surface area contributed by atoms with Gasteiger partial charge in [-0.15, -0.1) is 0 Å². The molecule has 1 aromatic heterocycles. The highest BCUT2D eigenvalue weighted by Gasteiger charge is 2.12. The molecule has 0 spiro atoms. The van der Waals surface area contributed by atoms with Gasteiger partial charge in [-0.1, -0.05) is 0 Å². The first-order chi connectivity index (χ1) is 6.96. The van der Waals surface area contributed by atoms with E-state index in [1.807, 2.05) is 50.6 Å². The Morgan fingerprint density at radius 2 is 2.07 bits per heavy atom. The van der Waals surface area contributed by atoms with Crippen LogP contribution in [0.5, 0.6) is 5.75 Å². The number of rotatable bonds is 1. The van der Waals surface area contributed by atoms with Crippen molar-refractivity contribution in [2.75, 3.05) is 0 Å². The second kappa shape index (κ2) is 3.26. The molecule has 79 valence electrons. The lowest BCUT2D eigenvalue weighted by Gasteiger charge is -2.21. The van der Waals surface area contributed by atoms with Gasteiger partial charge in [-0.2, -0.15) is 0 Å². The van der Waals surface area contributed by atoms with Crippen molar-refractivity contribution in [3.63, 3.8) is 0 Å². The van der Waals surface area contributed by atoms with E-state index >= 15 is 0 Å². The highest BCUT2D eigenvalue weighted by molar-refractivity contribution is 5.76. The number of aromatic nitrogens is 2. The van der Waals surface area contributed by atoms with Crippen LogP contribution < -0.4 is 4.74 Å². The van der Waals surface area contributed by atoms with Gasteiger partial charge in [0.2, 0.25) is 0 Å². The number of aryl methyl sites for hydroxylation is 1. The largest absolute Gasteiger partial charge is 0.488 e. The number of nitrogens with zero attached hydrogens (tertiary/aromatic N) is 2. The first-order valence-electron chi connectivity index (χ1n) is 4.99. The zero-order valence-corrected chi connectivity index (χ0v) is 9.53. The Labute approximate surface area is 89.7 Å². The normalized spacial score (nSPS) is 12.0. The molecular formula is C12H15N2O. The number of fused-ring (bicyclic) bond motifs is 1. The Morgan fingerprint density at radius 1 is 1.33 bits per heavy atom. The molecule has 0 bridgehead atoms. The van der Waals surface area contributed by atoms with Gasteiger partial charge >= 0.3 is 0 Å². The third-order valence-corrected chi connectivity index (χ3v) is 2.05. The van der Waals surface area contributed by atoms with Gasteiger partial charge in [0.1, 0.15) is 11.4 Å². The smallest absolute Gasteiger partial charge is 0.177 e. The van der Waals surface area contributed by atoms with Crippen LogP contribution in [0.4, 0.5) is 0 Å². The second-order valence-corrected chi connectivity index (χ2v) is 4.64. The molecule has 1 heterocycles. The highest BCUT2D eigenvalue weighted by atomic mass is 16.5. The summed E-state index contributed by atoms with van der Waals surface area (Å²) in [5.41, 5.74) is 1.81. The molecule has 3 nitrogen and oxygen atoms in total. The van der Waals surface area contributed by atoms with Crippen molar-refractivity contribution in [3.05, 3.63) is 24.5 Å². The van der Waals surface area contributed by atoms with E-state index in [1.165, 1.54) is 0 Å². The summed E-state index contributed by atoms with van der Waals surface area (Å²) in [5.74, 6) is 0.868. The molecule has 0 amide bonds. The van der Waals surface area contributed by atoms with Crippen LogP contribution in [0, 0.1) is 6.33 Å². The van der Waals surface area contributed by atoms with Crippen molar-refractivity contribution in [2.24, 2.45) is 7.05 Å². The summed E-state index contributed by atoms with van der Waals surface area (Å²) in [6, 6.07) is 5.88. The molecule has 15 heavy (non-hydrogen) atoms. The van der Waals surface area contributed by atoms with E-state index in [0.717, 1.165) is 16.8 Å². The van der Waals surface area contributed by atoms with Gasteiger partial charge in [-0.25, -0.2) is 4.98 Å². The topological polar surface area (TPSA) is 27.1 Å². The Hall–Kier alpha value is -1.51. The molecule has 0 saturated carbocycles. The highest BCUT2D eigenvalue weighted by Crippen LogP contribution is 2.22. The molecule has 0 aliphatic heterocycles. The monoisotopic (exact) mass is 203 g/mol. The zero-order chi connectivity index (χ0) is 11.1. The molecule has 0 atom stereocenters. The number of hydrogen-bond donors (Lipinski definition) is 0.